The van der Waals surface area contributed by atoms with Crippen LogP contribution < -0.4 is 0 Å². The summed E-state index contributed by atoms with van der Waals surface area (Å²) in [5, 5.41) is 29.1. The van der Waals surface area contributed by atoms with Gasteiger partial charge in [0.1, 0.15) is 12.3 Å². The summed E-state index contributed by atoms with van der Waals surface area (Å²) in [5.74, 6) is -2.33. The first-order valence-electron chi connectivity index (χ1n) is 6.12. The van der Waals surface area contributed by atoms with E-state index in [0.29, 0.717) is 0 Å². The fraction of sp³-hybridized carbons (Fsp3) is 0.429. The van der Waals surface area contributed by atoms with Crippen molar-refractivity contribution in [1.82, 2.24) is 0 Å². The Bertz CT molecular complexity index is 521. The molecule has 0 aliphatic heterocycles. The number of quaternary nitrogens is 1. The molecule has 0 aromatic heterocycles. The lowest BCUT2D eigenvalue weighted by atomic mass is 9.88. The number of aromatic hydroxyl groups is 1. The Balaban J connectivity index is 3.20. The van der Waals surface area contributed by atoms with Crippen LogP contribution in [-0.4, -0.2) is 64.8 Å². The third kappa shape index (κ3) is 4.04. The number of phenolic OH excluding ortho intramolecular Hbond substituents is 1. The Morgan fingerprint density at radius 1 is 1.20 bits per heavy atom. The molecule has 0 radical (unpaired) electrons. The molecule has 110 valence electrons. The van der Waals surface area contributed by atoms with Crippen molar-refractivity contribution in [2.75, 3.05) is 27.7 Å². The summed E-state index contributed by atoms with van der Waals surface area (Å²) in [6.45, 7) is -0.0769. The number of carboxylic acid groups (broad SMARTS) is 1. The molecular formula is C14H20NO5+. The molecule has 0 heterocycles. The highest BCUT2D eigenvalue weighted by Gasteiger charge is 2.44. The topological polar surface area (TPSA) is 94.8 Å². The van der Waals surface area contributed by atoms with Crippen LogP contribution >= 0.6 is 0 Å². The number of rotatable bonds is 6. The van der Waals surface area contributed by atoms with Gasteiger partial charge in [-0.1, -0.05) is 12.1 Å². The van der Waals surface area contributed by atoms with Crippen molar-refractivity contribution in [3.05, 3.63) is 29.8 Å². The van der Waals surface area contributed by atoms with Crippen LogP contribution in [-0.2, 0) is 4.79 Å². The van der Waals surface area contributed by atoms with Gasteiger partial charge < -0.3 is 19.8 Å². The zero-order chi connectivity index (χ0) is 15.6. The van der Waals surface area contributed by atoms with E-state index in [-0.39, 0.29) is 22.3 Å². The maximum Gasteiger partial charge on any atom is 0.307 e. The third-order valence-corrected chi connectivity index (χ3v) is 2.75. The molecule has 0 saturated heterocycles. The molecule has 20 heavy (non-hydrogen) atoms. The van der Waals surface area contributed by atoms with Crippen LogP contribution in [0.25, 0.3) is 0 Å². The van der Waals surface area contributed by atoms with Gasteiger partial charge in [-0.15, -0.1) is 0 Å². The van der Waals surface area contributed by atoms with Crippen molar-refractivity contribution in [2.24, 2.45) is 0 Å². The predicted octanol–water partition coefficient (Wildman–Crippen LogP) is 0.487. The predicted molar refractivity (Wildman–Crippen MR) is 72.5 cm³/mol. The summed E-state index contributed by atoms with van der Waals surface area (Å²) in [6, 6.07) is 5.77. The van der Waals surface area contributed by atoms with E-state index in [9.17, 15) is 19.8 Å². The zero-order valence-electron chi connectivity index (χ0n) is 11.8. The minimum atomic E-state index is -2.07. The van der Waals surface area contributed by atoms with Crippen LogP contribution in [0.15, 0.2) is 24.3 Å². The number of likely N-dealkylation sites (N-methyl/N-ethyl adjacent to an activating group) is 1. The molecule has 1 atom stereocenters. The standard InChI is InChI=1S/C14H19NO5/c1-15(2,3)9-14(20,8-12(17)18)13(19)10-6-4-5-7-11(10)16/h4-7,20H,8-9H2,1-3H3,(H-,16,17,18,19)/p+1/t14-/m1/s1. The number of carbonyl (C=O) groups is 2. The fourth-order valence-electron chi connectivity index (χ4n) is 2.16. The van der Waals surface area contributed by atoms with Crippen molar-refractivity contribution in [3.8, 4) is 5.75 Å². The number of para-hydroxylation sites is 1. The Labute approximate surface area is 117 Å². The molecule has 0 spiro atoms. The van der Waals surface area contributed by atoms with Crippen LogP contribution in [0, 0.1) is 0 Å². The molecule has 0 amide bonds. The highest BCUT2D eigenvalue weighted by molar-refractivity contribution is 6.06. The number of Topliss-reactive ketones (excluding diaryl/α,β-unsaturated/α-hetero) is 1. The SMILES string of the molecule is C[N+](C)(C)C[C@](O)(CC(=O)O)C(=O)c1ccccc1O. The van der Waals surface area contributed by atoms with E-state index >= 15 is 0 Å². The Hall–Kier alpha value is -1.92. The van der Waals surface area contributed by atoms with Gasteiger partial charge >= 0.3 is 5.97 Å². The van der Waals surface area contributed by atoms with Gasteiger partial charge in [0.15, 0.2) is 5.60 Å². The lowest BCUT2D eigenvalue weighted by Crippen LogP contribution is -2.54. The molecule has 1 aromatic carbocycles. The molecule has 3 N–H and O–H groups in total. The highest BCUT2D eigenvalue weighted by Crippen LogP contribution is 2.25. The maximum absolute atomic E-state index is 12.4. The van der Waals surface area contributed by atoms with Gasteiger partial charge in [-0.2, -0.15) is 0 Å². The van der Waals surface area contributed by atoms with Gasteiger partial charge in [0.25, 0.3) is 0 Å². The lowest BCUT2D eigenvalue weighted by molar-refractivity contribution is -0.875. The van der Waals surface area contributed by atoms with Crippen molar-refractivity contribution < 1.29 is 29.4 Å². The molecule has 6 heteroatoms. The normalized spacial score (nSPS) is 14.6. The molecule has 1 rings (SSSR count). The Morgan fingerprint density at radius 3 is 2.20 bits per heavy atom. The first-order valence-corrected chi connectivity index (χ1v) is 6.12. The number of aliphatic hydroxyl groups is 1. The first kappa shape index (κ1) is 16.1. The van der Waals surface area contributed by atoms with Crippen LogP contribution in [0.2, 0.25) is 0 Å². The summed E-state index contributed by atoms with van der Waals surface area (Å²) in [5.41, 5.74) is -2.15. The summed E-state index contributed by atoms with van der Waals surface area (Å²) in [6.07, 6.45) is -0.713. The molecule has 0 saturated carbocycles. The minimum Gasteiger partial charge on any atom is -0.507 e. The van der Waals surface area contributed by atoms with E-state index in [4.69, 9.17) is 5.11 Å². The van der Waals surface area contributed by atoms with Gasteiger partial charge in [0.2, 0.25) is 5.78 Å². The van der Waals surface area contributed by atoms with E-state index in [1.54, 1.807) is 33.3 Å². The van der Waals surface area contributed by atoms with Gasteiger partial charge in [-0.25, -0.2) is 0 Å². The average molecular weight is 282 g/mol. The van der Waals surface area contributed by atoms with Crippen LogP contribution in [0.3, 0.4) is 0 Å². The molecule has 0 aliphatic carbocycles. The van der Waals surface area contributed by atoms with Crippen molar-refractivity contribution in [1.29, 1.82) is 0 Å². The number of hydrogen-bond donors (Lipinski definition) is 3. The fourth-order valence-corrected chi connectivity index (χ4v) is 2.16. The number of ketones is 1. The van der Waals surface area contributed by atoms with E-state index in [1.165, 1.54) is 12.1 Å². The summed E-state index contributed by atoms with van der Waals surface area (Å²) in [7, 11) is 5.22. The van der Waals surface area contributed by atoms with E-state index < -0.39 is 23.8 Å². The van der Waals surface area contributed by atoms with Crippen LogP contribution in [0.4, 0.5) is 0 Å². The molecule has 0 aliphatic rings. The summed E-state index contributed by atoms with van der Waals surface area (Å²) in [4.78, 5) is 23.4. The Kier molecular flexibility index (Phi) is 4.52. The second-order valence-corrected chi connectivity index (χ2v) is 5.90. The number of hydrogen-bond acceptors (Lipinski definition) is 4. The summed E-state index contributed by atoms with van der Waals surface area (Å²) < 4.78 is 0.211. The molecule has 0 unspecified atom stereocenters. The molecule has 0 fully saturated rings. The molecule has 1 aromatic rings. The van der Waals surface area contributed by atoms with Crippen molar-refractivity contribution in [2.45, 2.75) is 12.0 Å². The third-order valence-electron chi connectivity index (χ3n) is 2.75. The van der Waals surface area contributed by atoms with E-state index in [0.717, 1.165) is 0 Å². The molecule has 6 nitrogen and oxygen atoms in total. The van der Waals surface area contributed by atoms with Gasteiger partial charge in [0.05, 0.1) is 33.1 Å². The first-order chi connectivity index (χ1) is 9.05. The van der Waals surface area contributed by atoms with Gasteiger partial charge in [0, 0.05) is 0 Å². The Morgan fingerprint density at radius 2 is 1.75 bits per heavy atom. The van der Waals surface area contributed by atoms with Gasteiger partial charge in [-0.3, -0.25) is 9.59 Å². The number of carboxylic acids is 1. The van der Waals surface area contributed by atoms with Crippen molar-refractivity contribution in [3.63, 3.8) is 0 Å². The number of nitrogens with zero attached hydrogens (tertiary/aromatic N) is 1. The number of benzene rings is 1. The second-order valence-electron chi connectivity index (χ2n) is 5.90. The zero-order valence-corrected chi connectivity index (χ0v) is 11.8. The van der Waals surface area contributed by atoms with Crippen LogP contribution in [0.5, 0.6) is 5.75 Å². The van der Waals surface area contributed by atoms with Crippen molar-refractivity contribution >= 4 is 11.8 Å². The average Bonchev–Trinajstić information content (AvgIpc) is 2.25. The smallest absolute Gasteiger partial charge is 0.307 e. The second kappa shape index (κ2) is 5.60. The molecule has 0 bridgehead atoms. The quantitative estimate of drug-likeness (QED) is 0.521. The number of aliphatic carboxylic acids is 1. The van der Waals surface area contributed by atoms with Crippen LogP contribution in [0.1, 0.15) is 16.8 Å². The maximum atomic E-state index is 12.4. The summed E-state index contributed by atoms with van der Waals surface area (Å²) >= 11 is 0. The highest BCUT2D eigenvalue weighted by atomic mass is 16.4. The van der Waals surface area contributed by atoms with E-state index in [2.05, 4.69) is 0 Å². The largest absolute Gasteiger partial charge is 0.507 e. The number of phenols is 1. The monoisotopic (exact) mass is 282 g/mol. The lowest BCUT2D eigenvalue weighted by Gasteiger charge is -2.33. The minimum absolute atomic E-state index is 0.0769. The molecular weight excluding hydrogens is 262 g/mol. The van der Waals surface area contributed by atoms with E-state index in [1.807, 2.05) is 0 Å². The van der Waals surface area contributed by atoms with Gasteiger partial charge in [-0.05, 0) is 12.1 Å². The number of carbonyl (C=O) groups excluding carboxylic acids is 1.